The van der Waals surface area contributed by atoms with Crippen LogP contribution in [0.3, 0.4) is 0 Å². The number of aryl methyl sites for hydroxylation is 1. The number of esters is 1. The van der Waals surface area contributed by atoms with Crippen LogP contribution in [0.25, 0.3) is 21.1 Å². The van der Waals surface area contributed by atoms with Gasteiger partial charge in [-0.05, 0) is 31.2 Å². The Hall–Kier alpha value is -3.19. The average Bonchev–Trinajstić information content (AvgIpc) is 3.20. The maximum absolute atomic E-state index is 12.6. The number of nitrogens with zero attached hydrogens (tertiary/aromatic N) is 2. The molecule has 4 rings (SSSR count). The van der Waals surface area contributed by atoms with Crippen molar-refractivity contribution in [1.29, 1.82) is 0 Å². The van der Waals surface area contributed by atoms with Crippen molar-refractivity contribution in [2.45, 2.75) is 13.5 Å². The van der Waals surface area contributed by atoms with Gasteiger partial charge < -0.3 is 14.6 Å². The van der Waals surface area contributed by atoms with Crippen LogP contribution in [0.1, 0.15) is 15.4 Å². The molecule has 0 spiro atoms. The van der Waals surface area contributed by atoms with E-state index in [0.717, 1.165) is 31.8 Å². The second-order valence-electron chi connectivity index (χ2n) is 6.14. The third kappa shape index (κ3) is 3.29. The molecule has 1 amide bonds. The predicted octanol–water partition coefficient (Wildman–Crippen LogP) is 3.98. The van der Waals surface area contributed by atoms with Crippen LogP contribution >= 0.6 is 11.3 Å². The molecule has 2 heterocycles. The molecule has 1 N–H and O–H groups in total. The fourth-order valence-corrected chi connectivity index (χ4v) is 3.99. The molecule has 0 bridgehead atoms. The molecule has 136 valence electrons. The van der Waals surface area contributed by atoms with Gasteiger partial charge in [0.2, 0.25) is 5.91 Å². The Bertz CT molecular complexity index is 1180. The smallest absolute Gasteiger partial charge is 0.340 e. The molecule has 0 aliphatic heterocycles. The van der Waals surface area contributed by atoms with Gasteiger partial charge in [-0.2, -0.15) is 0 Å². The molecule has 0 atom stereocenters. The summed E-state index contributed by atoms with van der Waals surface area (Å²) in [6.07, 6.45) is 1.66. The monoisotopic (exact) mass is 379 g/mol. The summed E-state index contributed by atoms with van der Waals surface area (Å²) in [5.41, 5.74) is 2.90. The number of anilines is 1. The van der Waals surface area contributed by atoms with Gasteiger partial charge in [0.1, 0.15) is 6.54 Å². The van der Waals surface area contributed by atoms with Crippen molar-refractivity contribution in [1.82, 2.24) is 9.55 Å². The van der Waals surface area contributed by atoms with Crippen LogP contribution in [0.2, 0.25) is 0 Å². The van der Waals surface area contributed by atoms with Gasteiger partial charge in [-0.15, -0.1) is 11.3 Å². The number of fused-ring (bicyclic) bond motifs is 2. The predicted molar refractivity (Wildman–Crippen MR) is 106 cm³/mol. The van der Waals surface area contributed by atoms with Gasteiger partial charge in [-0.3, -0.25) is 4.79 Å². The number of aromatic nitrogens is 2. The highest BCUT2D eigenvalue weighted by atomic mass is 32.1. The highest BCUT2D eigenvalue weighted by molar-refractivity contribution is 7.18. The molecule has 0 aliphatic rings. The van der Waals surface area contributed by atoms with Crippen LogP contribution in [0.4, 0.5) is 5.69 Å². The quantitative estimate of drug-likeness (QED) is 0.544. The van der Waals surface area contributed by atoms with Crippen LogP contribution in [0, 0.1) is 6.92 Å². The second-order valence-corrected chi connectivity index (χ2v) is 7.38. The lowest BCUT2D eigenvalue weighted by Crippen LogP contribution is -2.18. The zero-order valence-electron chi connectivity index (χ0n) is 14.9. The van der Waals surface area contributed by atoms with E-state index in [4.69, 9.17) is 4.74 Å². The highest BCUT2D eigenvalue weighted by Crippen LogP contribution is 2.25. The summed E-state index contributed by atoms with van der Waals surface area (Å²) in [5, 5.41) is 4.66. The number of para-hydroxylation sites is 1. The summed E-state index contributed by atoms with van der Waals surface area (Å²) in [6, 6.07) is 13.1. The number of amides is 1. The normalized spacial score (nSPS) is 11.0. The Morgan fingerprint density at radius 3 is 2.85 bits per heavy atom. The third-order valence-corrected chi connectivity index (χ3v) is 5.22. The van der Waals surface area contributed by atoms with Crippen LogP contribution in [-0.2, 0) is 16.1 Å². The van der Waals surface area contributed by atoms with E-state index in [1.807, 2.05) is 49.4 Å². The first-order valence-corrected chi connectivity index (χ1v) is 9.20. The van der Waals surface area contributed by atoms with Crippen LogP contribution in [0.5, 0.6) is 0 Å². The molecule has 6 nitrogen and oxygen atoms in total. The van der Waals surface area contributed by atoms with Crippen LogP contribution in [-0.4, -0.2) is 28.5 Å². The molecule has 4 aromatic rings. The van der Waals surface area contributed by atoms with E-state index in [0.29, 0.717) is 5.56 Å². The summed E-state index contributed by atoms with van der Waals surface area (Å²) in [5.74, 6) is -0.593. The Labute approximate surface area is 159 Å². The lowest BCUT2D eigenvalue weighted by Gasteiger charge is -2.07. The Balaban J connectivity index is 1.59. The standard InChI is InChI=1S/C20H17N3O3S/c1-12-21-16-8-7-13(9-18(16)27-12)22-19(24)11-23-10-15(20(25)26-2)14-5-3-4-6-17(14)23/h3-10H,11H2,1-2H3,(H,22,24). The first-order valence-electron chi connectivity index (χ1n) is 8.38. The molecule has 7 heteroatoms. The molecule has 0 saturated carbocycles. The molecule has 0 radical (unpaired) electrons. The lowest BCUT2D eigenvalue weighted by atomic mass is 10.2. The maximum Gasteiger partial charge on any atom is 0.340 e. The molecule has 2 aromatic heterocycles. The maximum atomic E-state index is 12.6. The van der Waals surface area contributed by atoms with Gasteiger partial charge in [0.05, 0.1) is 27.9 Å². The van der Waals surface area contributed by atoms with Gasteiger partial charge in [-0.25, -0.2) is 9.78 Å². The summed E-state index contributed by atoms with van der Waals surface area (Å²) in [6.45, 7) is 2.05. The topological polar surface area (TPSA) is 73.2 Å². The van der Waals surface area contributed by atoms with Crippen molar-refractivity contribution in [2.75, 3.05) is 12.4 Å². The van der Waals surface area contributed by atoms with Crippen molar-refractivity contribution >= 4 is 50.0 Å². The SMILES string of the molecule is COC(=O)c1cn(CC(=O)Nc2ccc3nc(C)sc3c2)c2ccccc12. The summed E-state index contributed by atoms with van der Waals surface area (Å²) >= 11 is 1.59. The molecule has 0 saturated heterocycles. The number of hydrogen-bond donors (Lipinski definition) is 1. The first kappa shape index (κ1) is 17.2. The molecule has 0 unspecified atom stereocenters. The number of methoxy groups -OCH3 is 1. The van der Waals surface area contributed by atoms with Crippen LogP contribution < -0.4 is 5.32 Å². The van der Waals surface area contributed by atoms with E-state index >= 15 is 0 Å². The number of thiazole rings is 1. The van der Waals surface area contributed by atoms with Crippen molar-refractivity contribution in [3.05, 3.63) is 59.2 Å². The minimum atomic E-state index is -0.420. The van der Waals surface area contributed by atoms with Gasteiger partial charge >= 0.3 is 5.97 Å². The van der Waals surface area contributed by atoms with Crippen LogP contribution in [0.15, 0.2) is 48.7 Å². The minimum Gasteiger partial charge on any atom is -0.465 e. The number of ether oxygens (including phenoxy) is 1. The van der Waals surface area contributed by atoms with E-state index in [1.165, 1.54) is 7.11 Å². The molecular weight excluding hydrogens is 362 g/mol. The number of carbonyl (C=O) groups is 2. The number of rotatable bonds is 4. The van der Waals surface area contributed by atoms with Gasteiger partial charge in [-0.1, -0.05) is 18.2 Å². The highest BCUT2D eigenvalue weighted by Gasteiger charge is 2.16. The summed E-state index contributed by atoms with van der Waals surface area (Å²) in [7, 11) is 1.35. The van der Waals surface area contributed by atoms with Crippen molar-refractivity contribution < 1.29 is 14.3 Å². The minimum absolute atomic E-state index is 0.0945. The van der Waals surface area contributed by atoms with E-state index < -0.39 is 5.97 Å². The fraction of sp³-hybridized carbons (Fsp3) is 0.150. The van der Waals surface area contributed by atoms with E-state index in [2.05, 4.69) is 10.3 Å². The van der Waals surface area contributed by atoms with Gasteiger partial charge in [0, 0.05) is 22.8 Å². The van der Waals surface area contributed by atoms with Crippen molar-refractivity contribution in [3.63, 3.8) is 0 Å². The third-order valence-electron chi connectivity index (χ3n) is 4.29. The number of carbonyl (C=O) groups excluding carboxylic acids is 2. The number of hydrogen-bond acceptors (Lipinski definition) is 5. The summed E-state index contributed by atoms with van der Waals surface area (Å²) < 4.78 is 7.63. The Morgan fingerprint density at radius 1 is 1.22 bits per heavy atom. The second kappa shape index (κ2) is 6.85. The Morgan fingerprint density at radius 2 is 2.04 bits per heavy atom. The molecule has 27 heavy (non-hydrogen) atoms. The largest absolute Gasteiger partial charge is 0.465 e. The van der Waals surface area contributed by atoms with Crippen molar-refractivity contribution in [2.24, 2.45) is 0 Å². The molecular formula is C20H17N3O3S. The van der Waals surface area contributed by atoms with Gasteiger partial charge in [0.15, 0.2) is 0 Å². The first-order chi connectivity index (χ1) is 13.0. The lowest BCUT2D eigenvalue weighted by molar-refractivity contribution is -0.116. The number of nitrogens with one attached hydrogen (secondary N) is 1. The zero-order chi connectivity index (χ0) is 19.0. The van der Waals surface area contributed by atoms with E-state index in [1.54, 1.807) is 22.1 Å². The zero-order valence-corrected chi connectivity index (χ0v) is 15.7. The van der Waals surface area contributed by atoms with E-state index in [-0.39, 0.29) is 12.5 Å². The molecule has 2 aromatic carbocycles. The van der Waals surface area contributed by atoms with Crippen molar-refractivity contribution in [3.8, 4) is 0 Å². The summed E-state index contributed by atoms with van der Waals surface area (Å²) in [4.78, 5) is 29.0. The van der Waals surface area contributed by atoms with Gasteiger partial charge in [0.25, 0.3) is 0 Å². The Kier molecular flexibility index (Phi) is 4.37. The molecule has 0 aliphatic carbocycles. The molecule has 0 fully saturated rings. The average molecular weight is 379 g/mol. The fourth-order valence-electron chi connectivity index (χ4n) is 3.12. The number of benzene rings is 2. The van der Waals surface area contributed by atoms with E-state index in [9.17, 15) is 9.59 Å².